The number of nitrogens with zero attached hydrogens (tertiary/aromatic N) is 4. The molecule has 142 valence electrons. The number of nitrogen functional groups attached to an aromatic ring is 1. The standard InChI is InChI=1S/C17H20N6O3S/c1-3-27(25,26)23(11-14-8-7-13(9-19-14)17(24)21-18)15-6-4-5-12-10-20-22(2)16(12)15/h4-10H,3,11,18H2,1-2H3,(H,21,24). The zero-order chi connectivity index (χ0) is 19.6. The topological polar surface area (TPSA) is 123 Å². The summed E-state index contributed by atoms with van der Waals surface area (Å²) in [7, 11) is -1.81. The molecule has 1 aromatic carbocycles. The van der Waals surface area contributed by atoms with Gasteiger partial charge in [-0.3, -0.25) is 24.2 Å². The number of sulfonamides is 1. The fraction of sp³-hybridized carbons (Fsp3) is 0.235. The summed E-state index contributed by atoms with van der Waals surface area (Å²) in [6.07, 6.45) is 3.05. The molecule has 0 saturated carbocycles. The Kier molecular flexibility index (Phi) is 5.10. The van der Waals surface area contributed by atoms with Crippen LogP contribution in [0.1, 0.15) is 23.0 Å². The van der Waals surface area contributed by atoms with E-state index in [1.165, 1.54) is 10.5 Å². The highest BCUT2D eigenvalue weighted by atomic mass is 32.2. The van der Waals surface area contributed by atoms with E-state index in [1.54, 1.807) is 49.1 Å². The molecule has 9 nitrogen and oxygen atoms in total. The molecule has 0 radical (unpaired) electrons. The minimum atomic E-state index is -3.58. The molecule has 0 spiro atoms. The minimum Gasteiger partial charge on any atom is -0.290 e. The fourth-order valence-corrected chi connectivity index (χ4v) is 3.87. The Morgan fingerprint density at radius 3 is 2.67 bits per heavy atom. The van der Waals surface area contributed by atoms with Crippen molar-refractivity contribution in [3.05, 3.63) is 54.0 Å². The molecular formula is C17H20N6O3S. The van der Waals surface area contributed by atoms with Crippen molar-refractivity contribution < 1.29 is 13.2 Å². The van der Waals surface area contributed by atoms with Crippen molar-refractivity contribution in [2.24, 2.45) is 12.9 Å². The largest absolute Gasteiger partial charge is 0.290 e. The first-order chi connectivity index (χ1) is 12.9. The van der Waals surface area contributed by atoms with Crippen LogP contribution >= 0.6 is 0 Å². The van der Waals surface area contributed by atoms with Gasteiger partial charge < -0.3 is 0 Å². The maximum atomic E-state index is 12.8. The highest BCUT2D eigenvalue weighted by molar-refractivity contribution is 7.92. The molecule has 1 amide bonds. The molecule has 3 aromatic rings. The Morgan fingerprint density at radius 2 is 2.04 bits per heavy atom. The lowest BCUT2D eigenvalue weighted by Gasteiger charge is -2.24. The molecule has 10 heteroatoms. The normalized spacial score (nSPS) is 11.5. The summed E-state index contributed by atoms with van der Waals surface area (Å²) >= 11 is 0. The second-order valence-corrected chi connectivity index (χ2v) is 8.08. The van der Waals surface area contributed by atoms with Crippen LogP contribution in [0.15, 0.2) is 42.7 Å². The van der Waals surface area contributed by atoms with E-state index in [4.69, 9.17) is 5.84 Å². The molecule has 0 aliphatic rings. The Bertz CT molecular complexity index is 1080. The van der Waals surface area contributed by atoms with Gasteiger partial charge in [0.2, 0.25) is 10.0 Å². The third-order valence-corrected chi connectivity index (χ3v) is 5.96. The number of pyridine rings is 1. The Hall–Kier alpha value is -2.98. The Labute approximate surface area is 156 Å². The maximum Gasteiger partial charge on any atom is 0.266 e. The predicted molar refractivity (Wildman–Crippen MR) is 102 cm³/mol. The number of nitrogens with one attached hydrogen (secondary N) is 1. The number of amides is 1. The van der Waals surface area contributed by atoms with Crippen LogP contribution in [-0.2, 0) is 23.6 Å². The number of hydrogen-bond donors (Lipinski definition) is 2. The quantitative estimate of drug-likeness (QED) is 0.368. The van der Waals surface area contributed by atoms with Gasteiger partial charge in [0.05, 0.1) is 41.0 Å². The first-order valence-corrected chi connectivity index (χ1v) is 9.85. The molecule has 0 fully saturated rings. The number of carbonyl (C=O) groups is 1. The lowest BCUT2D eigenvalue weighted by Crippen LogP contribution is -2.33. The summed E-state index contributed by atoms with van der Waals surface area (Å²) in [5, 5.41) is 5.06. The van der Waals surface area contributed by atoms with E-state index in [2.05, 4.69) is 10.1 Å². The molecule has 0 saturated heterocycles. The number of fused-ring (bicyclic) bond motifs is 1. The van der Waals surface area contributed by atoms with Crippen LogP contribution in [0.4, 0.5) is 5.69 Å². The van der Waals surface area contributed by atoms with Gasteiger partial charge in [-0.25, -0.2) is 14.3 Å². The molecule has 2 heterocycles. The first-order valence-electron chi connectivity index (χ1n) is 8.24. The van der Waals surface area contributed by atoms with E-state index in [0.29, 0.717) is 22.5 Å². The zero-order valence-electron chi connectivity index (χ0n) is 15.0. The second-order valence-electron chi connectivity index (χ2n) is 5.90. The highest BCUT2D eigenvalue weighted by Gasteiger charge is 2.24. The van der Waals surface area contributed by atoms with Crippen molar-refractivity contribution in [1.82, 2.24) is 20.2 Å². The number of carbonyl (C=O) groups excluding carboxylic acids is 1. The average molecular weight is 388 g/mol. The number of para-hydroxylation sites is 1. The van der Waals surface area contributed by atoms with Crippen LogP contribution in [0.5, 0.6) is 0 Å². The van der Waals surface area contributed by atoms with Crippen LogP contribution < -0.4 is 15.6 Å². The molecule has 0 aliphatic carbocycles. The van der Waals surface area contributed by atoms with Crippen LogP contribution in [-0.4, -0.2) is 34.8 Å². The third-order valence-electron chi connectivity index (χ3n) is 4.23. The molecular weight excluding hydrogens is 368 g/mol. The molecule has 27 heavy (non-hydrogen) atoms. The monoisotopic (exact) mass is 388 g/mol. The number of hydrogen-bond acceptors (Lipinski definition) is 6. The van der Waals surface area contributed by atoms with E-state index in [-0.39, 0.29) is 12.3 Å². The maximum absolute atomic E-state index is 12.8. The Morgan fingerprint density at radius 1 is 1.26 bits per heavy atom. The summed E-state index contributed by atoms with van der Waals surface area (Å²) in [4.78, 5) is 15.7. The highest BCUT2D eigenvalue weighted by Crippen LogP contribution is 2.29. The van der Waals surface area contributed by atoms with Gasteiger partial charge in [-0.05, 0) is 25.1 Å². The summed E-state index contributed by atoms with van der Waals surface area (Å²) in [6.45, 7) is 1.62. The molecule has 0 bridgehead atoms. The molecule has 0 aliphatic heterocycles. The van der Waals surface area contributed by atoms with Crippen LogP contribution in [0, 0.1) is 0 Å². The van der Waals surface area contributed by atoms with E-state index >= 15 is 0 Å². The lowest BCUT2D eigenvalue weighted by atomic mass is 10.2. The zero-order valence-corrected chi connectivity index (χ0v) is 15.8. The summed E-state index contributed by atoms with van der Waals surface area (Å²) < 4.78 is 28.5. The fourth-order valence-electron chi connectivity index (χ4n) is 2.79. The van der Waals surface area contributed by atoms with Gasteiger partial charge in [0.25, 0.3) is 5.91 Å². The number of aromatic nitrogens is 3. The lowest BCUT2D eigenvalue weighted by molar-refractivity contribution is 0.0953. The predicted octanol–water partition coefficient (Wildman–Crippen LogP) is 0.928. The van der Waals surface area contributed by atoms with Crippen molar-refractivity contribution in [3.63, 3.8) is 0 Å². The summed E-state index contributed by atoms with van der Waals surface area (Å²) in [5.41, 5.74) is 4.06. The van der Waals surface area contributed by atoms with Crippen molar-refractivity contribution in [1.29, 1.82) is 0 Å². The number of nitrogens with two attached hydrogens (primary N) is 1. The van der Waals surface area contributed by atoms with Gasteiger partial charge in [-0.1, -0.05) is 12.1 Å². The van der Waals surface area contributed by atoms with Gasteiger partial charge >= 0.3 is 0 Å². The van der Waals surface area contributed by atoms with Crippen LogP contribution in [0.2, 0.25) is 0 Å². The van der Waals surface area contributed by atoms with Crippen molar-refractivity contribution in [2.45, 2.75) is 13.5 Å². The van der Waals surface area contributed by atoms with Crippen LogP contribution in [0.3, 0.4) is 0 Å². The van der Waals surface area contributed by atoms with E-state index in [9.17, 15) is 13.2 Å². The number of hydrazine groups is 1. The van der Waals surface area contributed by atoms with Gasteiger partial charge in [0.15, 0.2) is 0 Å². The smallest absolute Gasteiger partial charge is 0.266 e. The van der Waals surface area contributed by atoms with Gasteiger partial charge in [0.1, 0.15) is 0 Å². The molecule has 3 rings (SSSR count). The first kappa shape index (κ1) is 18.8. The number of benzene rings is 1. The van der Waals surface area contributed by atoms with Gasteiger partial charge in [0, 0.05) is 18.6 Å². The number of aryl methyl sites for hydroxylation is 1. The van der Waals surface area contributed by atoms with Gasteiger partial charge in [-0.15, -0.1) is 0 Å². The second kappa shape index (κ2) is 7.33. The SMILES string of the molecule is CCS(=O)(=O)N(Cc1ccc(C(=O)NN)cn1)c1cccc2cnn(C)c12. The minimum absolute atomic E-state index is 0.0327. The van der Waals surface area contributed by atoms with E-state index in [1.807, 2.05) is 11.5 Å². The molecule has 0 unspecified atom stereocenters. The molecule has 2 aromatic heterocycles. The average Bonchev–Trinajstić information content (AvgIpc) is 3.07. The third kappa shape index (κ3) is 3.62. The van der Waals surface area contributed by atoms with Crippen molar-refractivity contribution in [2.75, 3.05) is 10.1 Å². The van der Waals surface area contributed by atoms with Gasteiger partial charge in [-0.2, -0.15) is 5.10 Å². The molecule has 0 atom stereocenters. The Balaban J connectivity index is 2.05. The summed E-state index contributed by atoms with van der Waals surface area (Å²) in [6, 6.07) is 8.56. The van der Waals surface area contributed by atoms with Crippen molar-refractivity contribution >= 4 is 32.5 Å². The molecule has 3 N–H and O–H groups in total. The van der Waals surface area contributed by atoms with E-state index in [0.717, 1.165) is 5.39 Å². The van der Waals surface area contributed by atoms with Crippen LogP contribution in [0.25, 0.3) is 10.9 Å². The van der Waals surface area contributed by atoms with E-state index < -0.39 is 15.9 Å². The number of anilines is 1. The van der Waals surface area contributed by atoms with Crippen molar-refractivity contribution in [3.8, 4) is 0 Å². The summed E-state index contributed by atoms with van der Waals surface area (Å²) in [5.74, 6) is 4.58. The number of rotatable bonds is 6.